The first-order valence-electron chi connectivity index (χ1n) is 7.02. The smallest absolute Gasteiger partial charge is 0.137 e. The first-order valence-corrected chi connectivity index (χ1v) is 7.02. The van der Waals surface area contributed by atoms with Crippen molar-refractivity contribution in [3.05, 3.63) is 70.7 Å². The number of fused-ring (bicyclic) bond motifs is 1. The highest BCUT2D eigenvalue weighted by Crippen LogP contribution is 2.31. The molecule has 108 valence electrons. The minimum atomic E-state index is -0.294. The number of para-hydroxylation sites is 1. The van der Waals surface area contributed by atoms with Crippen molar-refractivity contribution in [1.82, 2.24) is 5.32 Å². The van der Waals surface area contributed by atoms with Crippen LogP contribution in [-0.4, -0.2) is 7.05 Å². The molecule has 2 aromatic carbocycles. The van der Waals surface area contributed by atoms with Crippen molar-refractivity contribution < 1.29 is 8.81 Å². The van der Waals surface area contributed by atoms with E-state index >= 15 is 0 Å². The normalized spacial score (nSPS) is 12.8. The Morgan fingerprint density at radius 1 is 1.10 bits per heavy atom. The summed E-state index contributed by atoms with van der Waals surface area (Å²) in [6.07, 6.45) is 0. The maximum Gasteiger partial charge on any atom is 0.137 e. The average Bonchev–Trinajstić information content (AvgIpc) is 2.87. The van der Waals surface area contributed by atoms with Crippen LogP contribution in [0.25, 0.3) is 11.0 Å². The zero-order valence-corrected chi connectivity index (χ0v) is 12.4. The van der Waals surface area contributed by atoms with Gasteiger partial charge in [0.15, 0.2) is 0 Å². The zero-order valence-electron chi connectivity index (χ0n) is 12.4. The van der Waals surface area contributed by atoms with Gasteiger partial charge in [-0.1, -0.05) is 30.3 Å². The van der Waals surface area contributed by atoms with Crippen LogP contribution >= 0.6 is 0 Å². The number of rotatable bonds is 3. The number of hydrogen-bond donors (Lipinski definition) is 1. The van der Waals surface area contributed by atoms with E-state index in [0.717, 1.165) is 27.9 Å². The summed E-state index contributed by atoms with van der Waals surface area (Å²) in [5.74, 6) is 0.510. The van der Waals surface area contributed by atoms with E-state index in [-0.39, 0.29) is 11.9 Å². The van der Waals surface area contributed by atoms with Gasteiger partial charge in [0.1, 0.15) is 17.2 Å². The van der Waals surface area contributed by atoms with Crippen LogP contribution in [0.4, 0.5) is 4.39 Å². The molecule has 0 saturated carbocycles. The number of nitrogens with one attached hydrogen (secondary N) is 1. The lowest BCUT2D eigenvalue weighted by Gasteiger charge is -2.15. The Balaban J connectivity index is 2.11. The zero-order chi connectivity index (χ0) is 15.0. The summed E-state index contributed by atoms with van der Waals surface area (Å²) < 4.78 is 20.2. The van der Waals surface area contributed by atoms with Crippen LogP contribution in [0.2, 0.25) is 0 Å². The van der Waals surface area contributed by atoms with E-state index in [2.05, 4.69) is 5.32 Å². The molecule has 1 heterocycles. The molecule has 0 aliphatic carbocycles. The number of benzene rings is 2. The van der Waals surface area contributed by atoms with E-state index in [1.807, 2.05) is 57.3 Å². The number of halogens is 1. The van der Waals surface area contributed by atoms with Crippen molar-refractivity contribution in [2.45, 2.75) is 19.9 Å². The van der Waals surface area contributed by atoms with E-state index in [4.69, 9.17) is 4.42 Å². The fourth-order valence-corrected chi connectivity index (χ4v) is 2.69. The Morgan fingerprint density at radius 2 is 1.90 bits per heavy atom. The molecule has 2 nitrogen and oxygen atoms in total. The summed E-state index contributed by atoms with van der Waals surface area (Å²) in [7, 11) is 1.81. The Hall–Kier alpha value is -2.13. The summed E-state index contributed by atoms with van der Waals surface area (Å²) >= 11 is 0. The molecule has 3 aromatic rings. The minimum absolute atomic E-state index is 0.216. The van der Waals surface area contributed by atoms with Gasteiger partial charge in [-0.25, -0.2) is 4.39 Å². The van der Waals surface area contributed by atoms with Crippen molar-refractivity contribution in [1.29, 1.82) is 0 Å². The predicted molar refractivity (Wildman–Crippen MR) is 83.0 cm³/mol. The molecule has 0 aliphatic heterocycles. The molecule has 1 N–H and O–H groups in total. The number of hydrogen-bond acceptors (Lipinski definition) is 2. The molecule has 0 saturated heterocycles. The maximum atomic E-state index is 14.2. The molecule has 0 spiro atoms. The third-order valence-electron chi connectivity index (χ3n) is 3.80. The van der Waals surface area contributed by atoms with E-state index in [0.29, 0.717) is 5.56 Å². The Morgan fingerprint density at radius 3 is 2.57 bits per heavy atom. The van der Waals surface area contributed by atoms with Crippen LogP contribution < -0.4 is 5.32 Å². The number of furan rings is 1. The fourth-order valence-electron chi connectivity index (χ4n) is 2.69. The maximum absolute atomic E-state index is 14.2. The second kappa shape index (κ2) is 5.34. The van der Waals surface area contributed by atoms with E-state index in [1.165, 1.54) is 0 Å². The van der Waals surface area contributed by atoms with Crippen LogP contribution in [0.1, 0.15) is 28.5 Å². The van der Waals surface area contributed by atoms with Gasteiger partial charge in [0, 0.05) is 10.9 Å². The summed E-state index contributed by atoms with van der Waals surface area (Å²) in [6.45, 7) is 3.89. The lowest BCUT2D eigenvalue weighted by Crippen LogP contribution is -2.18. The van der Waals surface area contributed by atoms with Crippen LogP contribution in [-0.2, 0) is 0 Å². The van der Waals surface area contributed by atoms with Crippen molar-refractivity contribution in [2.24, 2.45) is 0 Å². The highest BCUT2D eigenvalue weighted by atomic mass is 19.1. The molecule has 1 atom stereocenters. The summed E-state index contributed by atoms with van der Waals surface area (Å²) in [4.78, 5) is 0. The quantitative estimate of drug-likeness (QED) is 0.765. The third kappa shape index (κ3) is 2.45. The van der Waals surface area contributed by atoms with Crippen molar-refractivity contribution >= 4 is 11.0 Å². The van der Waals surface area contributed by atoms with Gasteiger partial charge in [-0.2, -0.15) is 0 Å². The van der Waals surface area contributed by atoms with Crippen molar-refractivity contribution in [3.63, 3.8) is 0 Å². The topological polar surface area (TPSA) is 25.2 Å². The standard InChI is InChI=1S/C18H18FNO/c1-11-7-8-14(15(19)9-11)17(20-3)16-10-13-6-4-5-12(2)18(13)21-16/h4-10,17,20H,1-3H3. The third-order valence-corrected chi connectivity index (χ3v) is 3.80. The molecule has 0 amide bonds. The molecule has 0 fully saturated rings. The van der Waals surface area contributed by atoms with Crippen LogP contribution in [0, 0.1) is 19.7 Å². The van der Waals surface area contributed by atoms with Crippen molar-refractivity contribution in [3.8, 4) is 0 Å². The van der Waals surface area contributed by atoms with Crippen LogP contribution in [0.5, 0.6) is 0 Å². The Labute approximate surface area is 123 Å². The molecule has 1 unspecified atom stereocenters. The van der Waals surface area contributed by atoms with Gasteiger partial charge < -0.3 is 9.73 Å². The number of aryl methyl sites for hydroxylation is 2. The van der Waals surface area contributed by atoms with Gasteiger partial charge in [0.2, 0.25) is 0 Å². The first kappa shape index (κ1) is 13.8. The Bertz CT molecular complexity index is 791. The largest absolute Gasteiger partial charge is 0.459 e. The molecule has 0 radical (unpaired) electrons. The van der Waals surface area contributed by atoms with Gasteiger partial charge >= 0.3 is 0 Å². The SMILES string of the molecule is CNC(c1cc2cccc(C)c2o1)c1ccc(C)cc1F. The molecule has 21 heavy (non-hydrogen) atoms. The van der Waals surface area contributed by atoms with E-state index in [9.17, 15) is 4.39 Å². The first-order chi connectivity index (χ1) is 10.1. The highest BCUT2D eigenvalue weighted by molar-refractivity contribution is 5.81. The minimum Gasteiger partial charge on any atom is -0.459 e. The second-order valence-corrected chi connectivity index (χ2v) is 5.39. The lowest BCUT2D eigenvalue weighted by molar-refractivity contribution is 0.475. The lowest BCUT2D eigenvalue weighted by atomic mass is 10.0. The van der Waals surface area contributed by atoms with E-state index in [1.54, 1.807) is 6.07 Å². The second-order valence-electron chi connectivity index (χ2n) is 5.39. The fraction of sp³-hybridized carbons (Fsp3) is 0.222. The van der Waals surface area contributed by atoms with Gasteiger partial charge in [0.05, 0.1) is 6.04 Å². The van der Waals surface area contributed by atoms with Gasteiger partial charge in [0.25, 0.3) is 0 Å². The Kier molecular flexibility index (Phi) is 3.52. The van der Waals surface area contributed by atoms with E-state index < -0.39 is 0 Å². The van der Waals surface area contributed by atoms with Crippen molar-refractivity contribution in [2.75, 3.05) is 7.05 Å². The summed E-state index contributed by atoms with van der Waals surface area (Å²) in [5.41, 5.74) is 3.45. The average molecular weight is 283 g/mol. The molecule has 0 bridgehead atoms. The molecular formula is C18H18FNO. The van der Waals surface area contributed by atoms with Crippen LogP contribution in [0.3, 0.4) is 0 Å². The summed E-state index contributed by atoms with van der Waals surface area (Å²) in [6, 6.07) is 13.0. The van der Waals surface area contributed by atoms with Gasteiger partial charge in [-0.15, -0.1) is 0 Å². The molecule has 1 aromatic heterocycles. The predicted octanol–water partition coefficient (Wildman–Crippen LogP) is 4.50. The molecular weight excluding hydrogens is 265 g/mol. The van der Waals surface area contributed by atoms with Crippen LogP contribution in [0.15, 0.2) is 46.9 Å². The van der Waals surface area contributed by atoms with Gasteiger partial charge in [-0.05, 0) is 44.2 Å². The van der Waals surface area contributed by atoms with Gasteiger partial charge in [-0.3, -0.25) is 0 Å². The molecule has 3 heteroatoms. The highest BCUT2D eigenvalue weighted by Gasteiger charge is 2.20. The monoisotopic (exact) mass is 283 g/mol. The molecule has 0 aliphatic rings. The molecule has 3 rings (SSSR count). The summed E-state index contributed by atoms with van der Waals surface area (Å²) in [5, 5.41) is 4.18.